The number of rotatable bonds is 9. The predicted octanol–water partition coefficient (Wildman–Crippen LogP) is 4.55. The third kappa shape index (κ3) is 7.37. The maximum Gasteiger partial charge on any atom is 0.408 e. The molecule has 2 aromatic rings. The molecule has 1 aliphatic carbocycles. The molecule has 1 aliphatic heterocycles. The third-order valence-corrected chi connectivity index (χ3v) is 8.48. The lowest BCUT2D eigenvalue weighted by atomic mass is 9.85. The smallest absolute Gasteiger partial charge is 0.408 e. The number of hydrogen-bond acceptors (Lipinski definition) is 8. The minimum atomic E-state index is -1.39. The van der Waals surface area contributed by atoms with Crippen LogP contribution in [0.1, 0.15) is 67.7 Å². The number of alkyl carbamates (subject to hydrolysis) is 1. The van der Waals surface area contributed by atoms with Crippen molar-refractivity contribution in [2.24, 2.45) is 11.3 Å². The van der Waals surface area contributed by atoms with Gasteiger partial charge in [-0.2, -0.15) is 0 Å². The van der Waals surface area contributed by atoms with Gasteiger partial charge in [-0.3, -0.25) is 9.59 Å². The van der Waals surface area contributed by atoms with Crippen molar-refractivity contribution in [1.29, 1.82) is 0 Å². The van der Waals surface area contributed by atoms with Gasteiger partial charge in [0.15, 0.2) is 0 Å². The van der Waals surface area contributed by atoms with E-state index in [4.69, 9.17) is 25.8 Å². The number of nitrogens with one attached hydrogen (secondary N) is 2. The Labute approximate surface area is 268 Å². The van der Waals surface area contributed by atoms with Gasteiger partial charge in [0, 0.05) is 17.9 Å². The van der Waals surface area contributed by atoms with Crippen LogP contribution in [0, 0.1) is 11.3 Å². The molecule has 1 aromatic carbocycles. The van der Waals surface area contributed by atoms with Crippen LogP contribution in [0.25, 0.3) is 10.9 Å². The molecule has 2 heterocycles. The predicted molar refractivity (Wildman–Crippen MR) is 167 cm³/mol. The molecule has 13 heteroatoms. The SMILES string of the molecule is CCC1CC1(NC(=O)C1CC(Oc2cc(OC)nc3c(Cl)cccc23)CN1C(=O)C(NC(=O)OC(C)(C)C)C(C)(C)C)C(=O)O. The molecule has 2 aliphatic rings. The van der Waals surface area contributed by atoms with E-state index in [0.717, 1.165) is 0 Å². The number of aliphatic carboxylic acids is 1. The number of benzene rings is 1. The van der Waals surface area contributed by atoms with Crippen molar-refractivity contribution >= 4 is 46.4 Å². The normalized spacial score (nSPS) is 23.7. The van der Waals surface area contributed by atoms with Crippen molar-refractivity contribution in [3.05, 3.63) is 29.3 Å². The van der Waals surface area contributed by atoms with E-state index < -0.39 is 58.6 Å². The number of likely N-dealkylation sites (tertiary alicyclic amines) is 1. The Morgan fingerprint density at radius 3 is 2.42 bits per heavy atom. The molecule has 45 heavy (non-hydrogen) atoms. The van der Waals surface area contributed by atoms with Crippen LogP contribution in [0.4, 0.5) is 4.79 Å². The summed E-state index contributed by atoms with van der Waals surface area (Å²) in [6, 6.07) is 4.71. The average Bonchev–Trinajstić information content (AvgIpc) is 3.50. The van der Waals surface area contributed by atoms with Crippen molar-refractivity contribution in [3.63, 3.8) is 0 Å². The van der Waals surface area contributed by atoms with E-state index in [1.807, 2.05) is 6.92 Å². The molecule has 1 aromatic heterocycles. The summed E-state index contributed by atoms with van der Waals surface area (Å²) in [7, 11) is 1.47. The number of carbonyl (C=O) groups is 4. The van der Waals surface area contributed by atoms with Gasteiger partial charge in [0.25, 0.3) is 0 Å². The van der Waals surface area contributed by atoms with Gasteiger partial charge in [0.1, 0.15) is 35.1 Å². The van der Waals surface area contributed by atoms with E-state index in [1.54, 1.807) is 65.8 Å². The number of fused-ring (bicyclic) bond motifs is 1. The molecule has 246 valence electrons. The van der Waals surface area contributed by atoms with Gasteiger partial charge in [-0.1, -0.05) is 51.8 Å². The molecule has 0 radical (unpaired) electrons. The molecule has 0 bridgehead atoms. The van der Waals surface area contributed by atoms with Gasteiger partial charge >= 0.3 is 12.1 Å². The number of carboxylic acids is 1. The summed E-state index contributed by atoms with van der Waals surface area (Å²) in [5.74, 6) is -1.79. The van der Waals surface area contributed by atoms with Crippen molar-refractivity contribution < 1.29 is 38.5 Å². The molecular weight excluding hydrogens is 604 g/mol. The number of ether oxygens (including phenoxy) is 3. The molecular formula is C32H43ClN4O8. The van der Waals surface area contributed by atoms with Crippen LogP contribution in [0.5, 0.6) is 11.6 Å². The number of amides is 3. The van der Waals surface area contributed by atoms with Gasteiger partial charge in [0.2, 0.25) is 17.7 Å². The quantitative estimate of drug-likeness (QED) is 0.355. The van der Waals surface area contributed by atoms with E-state index in [0.29, 0.717) is 34.5 Å². The molecule has 3 N–H and O–H groups in total. The highest BCUT2D eigenvalue weighted by atomic mass is 35.5. The summed E-state index contributed by atoms with van der Waals surface area (Å²) >= 11 is 6.41. The van der Waals surface area contributed by atoms with E-state index in [9.17, 15) is 24.3 Å². The van der Waals surface area contributed by atoms with E-state index in [2.05, 4.69) is 15.6 Å². The zero-order valence-electron chi connectivity index (χ0n) is 27.0. The molecule has 5 unspecified atom stereocenters. The van der Waals surface area contributed by atoms with Gasteiger partial charge in [-0.05, 0) is 50.7 Å². The molecule has 0 spiro atoms. The second-order valence-corrected chi connectivity index (χ2v) is 14.2. The fourth-order valence-electron chi connectivity index (χ4n) is 5.75. The van der Waals surface area contributed by atoms with Gasteiger partial charge in [-0.15, -0.1) is 0 Å². The lowest BCUT2D eigenvalue weighted by Gasteiger charge is -2.35. The van der Waals surface area contributed by atoms with Gasteiger partial charge < -0.3 is 34.9 Å². The number of hydrogen-bond donors (Lipinski definition) is 3. The first-order chi connectivity index (χ1) is 20.9. The number of aromatic nitrogens is 1. The molecule has 5 atom stereocenters. The van der Waals surface area contributed by atoms with Crippen LogP contribution < -0.4 is 20.1 Å². The zero-order chi connectivity index (χ0) is 33.5. The van der Waals surface area contributed by atoms with Crippen molar-refractivity contribution in [2.45, 2.75) is 97.1 Å². The number of para-hydroxylation sites is 1. The Kier molecular flexibility index (Phi) is 9.49. The maximum atomic E-state index is 14.3. The first-order valence-corrected chi connectivity index (χ1v) is 15.4. The van der Waals surface area contributed by atoms with Gasteiger partial charge in [-0.25, -0.2) is 14.6 Å². The van der Waals surface area contributed by atoms with E-state index in [-0.39, 0.29) is 24.8 Å². The lowest BCUT2D eigenvalue weighted by molar-refractivity contribution is -0.146. The largest absolute Gasteiger partial charge is 0.488 e. The Balaban J connectivity index is 1.68. The van der Waals surface area contributed by atoms with Gasteiger partial charge in [0.05, 0.1) is 24.2 Å². The van der Waals surface area contributed by atoms with E-state index >= 15 is 0 Å². The maximum absolute atomic E-state index is 14.3. The van der Waals surface area contributed by atoms with Crippen molar-refractivity contribution in [1.82, 2.24) is 20.5 Å². The minimum Gasteiger partial charge on any atom is -0.488 e. The average molecular weight is 647 g/mol. The van der Waals surface area contributed by atoms with Crippen LogP contribution in [-0.2, 0) is 19.1 Å². The van der Waals surface area contributed by atoms with Crippen molar-refractivity contribution in [3.8, 4) is 11.6 Å². The summed E-state index contributed by atoms with van der Waals surface area (Å²) in [4.78, 5) is 58.9. The fourth-order valence-corrected chi connectivity index (χ4v) is 5.97. The van der Waals surface area contributed by atoms with E-state index in [1.165, 1.54) is 12.0 Å². The Bertz CT molecular complexity index is 1490. The summed E-state index contributed by atoms with van der Waals surface area (Å²) in [6.07, 6.45) is -0.496. The fraction of sp³-hybridized carbons (Fsp3) is 0.594. The minimum absolute atomic E-state index is 0.0104. The third-order valence-electron chi connectivity index (χ3n) is 8.18. The molecule has 12 nitrogen and oxygen atoms in total. The monoisotopic (exact) mass is 646 g/mol. The standard InChI is InChI=1S/C32H43ClN4O8/c1-9-17-15-32(17,28(40)41)36-26(38)21-13-18(44-22-14-23(43-8)34-24-19(22)11-10-12-20(24)33)16-37(21)27(39)25(30(2,3)4)35-29(42)45-31(5,6)7/h10-12,14,17-18,21,25H,9,13,15-16H2,1-8H3,(H,35,42)(H,36,38)(H,40,41). The lowest BCUT2D eigenvalue weighted by Crippen LogP contribution is -2.59. The summed E-state index contributed by atoms with van der Waals surface area (Å²) in [5, 5.41) is 16.4. The number of carboxylic acid groups (broad SMARTS) is 1. The van der Waals surface area contributed by atoms with Crippen LogP contribution in [0.2, 0.25) is 5.02 Å². The Hall–Kier alpha value is -3.80. The molecule has 4 rings (SSSR count). The number of pyridine rings is 1. The second kappa shape index (κ2) is 12.5. The van der Waals surface area contributed by atoms with Crippen LogP contribution >= 0.6 is 11.6 Å². The Morgan fingerprint density at radius 1 is 1.18 bits per heavy atom. The summed E-state index contributed by atoms with van der Waals surface area (Å²) in [6.45, 7) is 12.4. The second-order valence-electron chi connectivity index (χ2n) is 13.8. The number of carbonyl (C=O) groups excluding carboxylic acids is 3. The Morgan fingerprint density at radius 2 is 1.87 bits per heavy atom. The highest BCUT2D eigenvalue weighted by molar-refractivity contribution is 6.35. The van der Waals surface area contributed by atoms with Crippen LogP contribution in [0.15, 0.2) is 24.3 Å². The number of halogens is 1. The molecule has 3 amide bonds. The summed E-state index contributed by atoms with van der Waals surface area (Å²) < 4.78 is 17.2. The number of nitrogens with zero attached hydrogens (tertiary/aromatic N) is 2. The highest BCUT2D eigenvalue weighted by Crippen LogP contribution is 2.46. The zero-order valence-corrected chi connectivity index (χ0v) is 27.8. The van der Waals surface area contributed by atoms with Crippen LogP contribution in [-0.4, -0.2) is 81.8 Å². The molecule has 1 saturated carbocycles. The first kappa shape index (κ1) is 34.1. The molecule has 2 fully saturated rings. The topological polar surface area (TPSA) is 156 Å². The molecule has 1 saturated heterocycles. The van der Waals surface area contributed by atoms with Crippen LogP contribution in [0.3, 0.4) is 0 Å². The summed E-state index contributed by atoms with van der Waals surface area (Å²) in [5.41, 5.74) is -2.49. The highest BCUT2D eigenvalue weighted by Gasteiger charge is 2.61. The van der Waals surface area contributed by atoms with Crippen molar-refractivity contribution in [2.75, 3.05) is 13.7 Å². The number of methoxy groups -OCH3 is 1. The first-order valence-electron chi connectivity index (χ1n) is 15.1.